The summed E-state index contributed by atoms with van der Waals surface area (Å²) in [5.41, 5.74) is 4.76. The summed E-state index contributed by atoms with van der Waals surface area (Å²) in [6.45, 7) is 11.6. The molecule has 266 valence electrons. The summed E-state index contributed by atoms with van der Waals surface area (Å²) in [5, 5.41) is 25.4. The van der Waals surface area contributed by atoms with Gasteiger partial charge < -0.3 is 10.2 Å². The van der Waals surface area contributed by atoms with Crippen LogP contribution in [-0.2, 0) is 24.3 Å². The summed E-state index contributed by atoms with van der Waals surface area (Å²) in [7, 11) is 0. The third kappa shape index (κ3) is 7.59. The standard InChI is InChI=1S/C44H49N3O2.C2H6/c1-33(2)34-29-39(31-46-27-15-25-41(46)43(48,35-17-7-3-8-18-35)36-19-9-4-10-20-36)45-40(30-34)32-47-28-16-26-42(47)44(49,37-21-11-5-12-22-37)38-23-13-6-14-24-38;1-2/h3-14,17-24,29-30,33,41-42,48-49H,15-16,25-28,31-32H2,1-2H3;1-2H3. The van der Waals surface area contributed by atoms with E-state index in [0.29, 0.717) is 19.0 Å². The summed E-state index contributed by atoms with van der Waals surface area (Å²) in [5.74, 6) is 0.348. The van der Waals surface area contributed by atoms with Crippen molar-refractivity contribution in [1.82, 2.24) is 14.8 Å². The van der Waals surface area contributed by atoms with Crippen LogP contribution >= 0.6 is 0 Å². The average Bonchev–Trinajstić information content (AvgIpc) is 3.86. The Morgan fingerprint density at radius 3 is 1.18 bits per heavy atom. The van der Waals surface area contributed by atoms with Crippen LogP contribution in [0.5, 0.6) is 0 Å². The number of aromatic nitrogens is 1. The molecule has 51 heavy (non-hydrogen) atoms. The number of likely N-dealkylation sites (tertiary alicyclic amines) is 2. The maximum Gasteiger partial charge on any atom is 0.130 e. The van der Waals surface area contributed by atoms with Crippen molar-refractivity contribution in [3.63, 3.8) is 0 Å². The van der Waals surface area contributed by atoms with Gasteiger partial charge in [-0.25, -0.2) is 0 Å². The van der Waals surface area contributed by atoms with E-state index in [9.17, 15) is 10.2 Å². The number of pyridine rings is 1. The van der Waals surface area contributed by atoms with Gasteiger partial charge in [-0.05, 0) is 84.6 Å². The van der Waals surface area contributed by atoms with Crippen LogP contribution in [0.4, 0.5) is 0 Å². The molecule has 2 aliphatic rings. The first-order valence-corrected chi connectivity index (χ1v) is 19.0. The van der Waals surface area contributed by atoms with E-state index >= 15 is 0 Å². The molecule has 2 aliphatic heterocycles. The maximum atomic E-state index is 12.7. The highest BCUT2D eigenvalue weighted by Crippen LogP contribution is 2.42. The third-order valence-corrected chi connectivity index (χ3v) is 10.9. The average molecular weight is 682 g/mol. The molecule has 4 aromatic carbocycles. The van der Waals surface area contributed by atoms with Gasteiger partial charge in [0.2, 0.25) is 0 Å². The van der Waals surface area contributed by atoms with Crippen LogP contribution in [0.3, 0.4) is 0 Å². The predicted octanol–water partition coefficient (Wildman–Crippen LogP) is 9.03. The zero-order valence-corrected chi connectivity index (χ0v) is 30.8. The van der Waals surface area contributed by atoms with Gasteiger partial charge in [-0.15, -0.1) is 0 Å². The van der Waals surface area contributed by atoms with E-state index in [4.69, 9.17) is 4.98 Å². The van der Waals surface area contributed by atoms with Gasteiger partial charge >= 0.3 is 0 Å². The van der Waals surface area contributed by atoms with Gasteiger partial charge in [0, 0.05) is 25.2 Å². The van der Waals surface area contributed by atoms with Gasteiger partial charge in [-0.3, -0.25) is 14.8 Å². The monoisotopic (exact) mass is 681 g/mol. The number of hydrogen-bond donors (Lipinski definition) is 2. The zero-order valence-electron chi connectivity index (χ0n) is 30.8. The van der Waals surface area contributed by atoms with Crippen LogP contribution in [0.15, 0.2) is 133 Å². The summed E-state index contributed by atoms with van der Waals surface area (Å²) >= 11 is 0. The van der Waals surface area contributed by atoms with E-state index in [1.165, 1.54) is 5.56 Å². The number of rotatable bonds is 11. The zero-order chi connectivity index (χ0) is 35.8. The fourth-order valence-corrected chi connectivity index (χ4v) is 8.44. The molecule has 0 bridgehead atoms. The first-order chi connectivity index (χ1) is 24.9. The van der Waals surface area contributed by atoms with Gasteiger partial charge in [-0.1, -0.05) is 149 Å². The van der Waals surface area contributed by atoms with E-state index in [0.717, 1.165) is 72.4 Å². The predicted molar refractivity (Wildman–Crippen MR) is 208 cm³/mol. The highest BCUT2D eigenvalue weighted by molar-refractivity contribution is 5.40. The smallest absolute Gasteiger partial charge is 0.130 e. The van der Waals surface area contributed by atoms with Gasteiger partial charge in [0.25, 0.3) is 0 Å². The number of aliphatic hydroxyl groups is 2. The molecule has 5 nitrogen and oxygen atoms in total. The molecule has 0 radical (unpaired) electrons. The molecule has 2 atom stereocenters. The molecule has 2 saturated heterocycles. The lowest BCUT2D eigenvalue weighted by atomic mass is 9.79. The fraction of sp³-hybridized carbons (Fsp3) is 0.370. The van der Waals surface area contributed by atoms with Crippen LogP contribution in [0.25, 0.3) is 0 Å². The molecule has 1 aromatic heterocycles. The largest absolute Gasteiger partial charge is 0.379 e. The molecule has 2 fully saturated rings. The van der Waals surface area contributed by atoms with Crippen molar-refractivity contribution in [2.75, 3.05) is 13.1 Å². The van der Waals surface area contributed by atoms with Crippen molar-refractivity contribution in [3.05, 3.63) is 173 Å². The molecule has 0 saturated carbocycles. The molecule has 0 spiro atoms. The molecule has 7 rings (SSSR count). The van der Waals surface area contributed by atoms with Gasteiger partial charge in [0.1, 0.15) is 11.2 Å². The van der Waals surface area contributed by atoms with Crippen LogP contribution in [0.1, 0.15) is 98.5 Å². The van der Waals surface area contributed by atoms with Gasteiger partial charge in [0.15, 0.2) is 0 Å². The highest BCUT2D eigenvalue weighted by atomic mass is 16.3. The molecule has 5 heteroatoms. The van der Waals surface area contributed by atoms with Crippen molar-refractivity contribution in [3.8, 4) is 0 Å². The lowest BCUT2D eigenvalue weighted by Gasteiger charge is -2.40. The number of nitrogens with zero attached hydrogens (tertiary/aromatic N) is 3. The molecule has 2 N–H and O–H groups in total. The number of hydrogen-bond acceptors (Lipinski definition) is 5. The van der Waals surface area contributed by atoms with Crippen molar-refractivity contribution < 1.29 is 10.2 Å². The Hall–Kier alpha value is -4.13. The van der Waals surface area contributed by atoms with Crippen molar-refractivity contribution in [2.45, 2.75) is 95.7 Å². The summed E-state index contributed by atoms with van der Waals surface area (Å²) < 4.78 is 0. The summed E-state index contributed by atoms with van der Waals surface area (Å²) in [6, 6.07) is 45.0. The maximum absolute atomic E-state index is 12.7. The number of benzene rings is 4. The van der Waals surface area contributed by atoms with Crippen LogP contribution < -0.4 is 0 Å². The Morgan fingerprint density at radius 2 is 0.882 bits per heavy atom. The van der Waals surface area contributed by atoms with Crippen molar-refractivity contribution >= 4 is 0 Å². The van der Waals surface area contributed by atoms with E-state index in [-0.39, 0.29) is 12.1 Å². The van der Waals surface area contributed by atoms with Gasteiger partial charge in [0.05, 0.1) is 11.4 Å². The fourth-order valence-electron chi connectivity index (χ4n) is 8.44. The topological polar surface area (TPSA) is 59.8 Å². The molecular weight excluding hydrogens is 627 g/mol. The van der Waals surface area contributed by atoms with Gasteiger partial charge in [-0.2, -0.15) is 0 Å². The Morgan fingerprint density at radius 1 is 0.569 bits per heavy atom. The second kappa shape index (κ2) is 16.5. The summed E-state index contributed by atoms with van der Waals surface area (Å²) in [6.07, 6.45) is 3.86. The first kappa shape index (κ1) is 36.7. The van der Waals surface area contributed by atoms with E-state index in [1.54, 1.807) is 0 Å². The molecular formula is C46H55N3O2. The Balaban J connectivity index is 0.00000220. The molecule has 5 aromatic rings. The molecule has 0 aliphatic carbocycles. The van der Waals surface area contributed by atoms with E-state index in [2.05, 4.69) is 84.3 Å². The van der Waals surface area contributed by atoms with E-state index in [1.807, 2.05) is 86.6 Å². The summed E-state index contributed by atoms with van der Waals surface area (Å²) in [4.78, 5) is 10.2. The lowest BCUT2D eigenvalue weighted by molar-refractivity contribution is -0.00769. The van der Waals surface area contributed by atoms with Crippen LogP contribution in [-0.4, -0.2) is 50.2 Å². The molecule has 0 amide bonds. The van der Waals surface area contributed by atoms with Crippen LogP contribution in [0, 0.1) is 0 Å². The SMILES string of the molecule is CC.CC(C)c1cc(CN2CCCC2C(O)(c2ccccc2)c2ccccc2)nc(CN2CCCC2C(O)(c2ccccc2)c2ccccc2)c1. The normalized spacial score (nSPS) is 18.5. The second-order valence-electron chi connectivity index (χ2n) is 14.3. The molecule has 2 unspecified atom stereocenters. The minimum absolute atomic E-state index is 0.0834. The highest BCUT2D eigenvalue weighted by Gasteiger charge is 2.47. The minimum Gasteiger partial charge on any atom is -0.379 e. The second-order valence-corrected chi connectivity index (χ2v) is 14.3. The third-order valence-electron chi connectivity index (χ3n) is 10.9. The van der Waals surface area contributed by atoms with Crippen molar-refractivity contribution in [2.24, 2.45) is 0 Å². The van der Waals surface area contributed by atoms with Crippen LogP contribution in [0.2, 0.25) is 0 Å². The Bertz CT molecular complexity index is 1590. The van der Waals surface area contributed by atoms with E-state index < -0.39 is 11.2 Å². The first-order valence-electron chi connectivity index (χ1n) is 19.0. The molecule has 3 heterocycles. The lowest BCUT2D eigenvalue weighted by Crippen LogP contribution is -2.48. The quantitative estimate of drug-likeness (QED) is 0.146. The Labute approximate surface area is 305 Å². The van der Waals surface area contributed by atoms with Crippen molar-refractivity contribution in [1.29, 1.82) is 0 Å². The Kier molecular flexibility index (Phi) is 11.8. The minimum atomic E-state index is -1.14.